The molecule has 3 nitrogen and oxygen atoms in total. The Morgan fingerprint density at radius 2 is 1.77 bits per heavy atom. The fraction of sp³-hybridized carbons (Fsp3) is 0.174. The Balaban J connectivity index is 2.48. The van der Waals surface area contributed by atoms with Crippen LogP contribution in [-0.2, 0) is 10.3 Å². The molecule has 2 atom stereocenters. The number of benzene rings is 1. The molecule has 0 fully saturated rings. The van der Waals surface area contributed by atoms with Crippen LogP contribution in [0.2, 0.25) is 0 Å². The van der Waals surface area contributed by atoms with E-state index in [1.165, 1.54) is 0 Å². The summed E-state index contributed by atoms with van der Waals surface area (Å²) in [7, 11) is 0. The highest BCUT2D eigenvalue weighted by Crippen LogP contribution is 2.56. The number of amides is 1. The van der Waals surface area contributed by atoms with Crippen LogP contribution in [0.3, 0.4) is 0 Å². The highest BCUT2D eigenvalue weighted by Gasteiger charge is 2.55. The molecule has 0 saturated heterocycles. The third-order valence-electron chi connectivity index (χ3n) is 5.33. The minimum Gasteiger partial charge on any atom is -0.508 e. The molecule has 0 radical (unpaired) electrons. The van der Waals surface area contributed by atoms with Gasteiger partial charge in [-0.1, -0.05) is 62.2 Å². The lowest BCUT2D eigenvalue weighted by atomic mass is 9.73. The van der Waals surface area contributed by atoms with Gasteiger partial charge in [-0.2, -0.15) is 0 Å². The van der Waals surface area contributed by atoms with Crippen molar-refractivity contribution in [3.05, 3.63) is 102 Å². The number of aromatic hydroxyl groups is 1. The summed E-state index contributed by atoms with van der Waals surface area (Å²) in [6.07, 6.45) is 11.1. The van der Waals surface area contributed by atoms with E-state index in [0.717, 1.165) is 34.3 Å². The van der Waals surface area contributed by atoms with Crippen LogP contribution in [0.25, 0.3) is 0 Å². The fourth-order valence-corrected chi connectivity index (χ4v) is 4.39. The van der Waals surface area contributed by atoms with Crippen molar-refractivity contribution in [2.45, 2.75) is 24.9 Å². The smallest absolute Gasteiger partial charge is 0.211 e. The zero-order chi connectivity index (χ0) is 18.9. The third kappa shape index (κ3) is 2.17. The standard InChI is InChI=1S/C23H23NO2/c1-5-9-19-21(8-4)23(17-10-12-18(26)13-11-17)20(7-3)16(6-2)14-22(19)24(23)15-25/h5-13,15,22,26H,2-4,14H2,1H3/b9-5-. The number of hydrogen-bond acceptors (Lipinski definition) is 2. The molecule has 2 unspecified atom stereocenters. The lowest BCUT2D eigenvalue weighted by Gasteiger charge is -2.46. The van der Waals surface area contributed by atoms with Crippen molar-refractivity contribution in [1.82, 2.24) is 4.90 Å². The first kappa shape index (κ1) is 17.7. The maximum Gasteiger partial charge on any atom is 0.211 e. The van der Waals surface area contributed by atoms with E-state index in [1.54, 1.807) is 18.2 Å². The molecule has 3 rings (SSSR count). The van der Waals surface area contributed by atoms with Gasteiger partial charge in [-0.25, -0.2) is 0 Å². The third-order valence-corrected chi connectivity index (χ3v) is 5.33. The van der Waals surface area contributed by atoms with E-state index in [-0.39, 0.29) is 11.8 Å². The number of rotatable bonds is 6. The Morgan fingerprint density at radius 3 is 2.27 bits per heavy atom. The molecule has 1 N–H and O–H groups in total. The molecule has 2 aliphatic rings. The van der Waals surface area contributed by atoms with E-state index in [4.69, 9.17) is 0 Å². The average Bonchev–Trinajstić information content (AvgIpc) is 2.85. The number of hydrogen-bond donors (Lipinski definition) is 1. The van der Waals surface area contributed by atoms with E-state index in [1.807, 2.05) is 48.3 Å². The maximum absolute atomic E-state index is 12.2. The predicted octanol–water partition coefficient (Wildman–Crippen LogP) is 4.56. The number of phenols is 1. The topological polar surface area (TPSA) is 40.5 Å². The Hall–Kier alpha value is -3.07. The summed E-state index contributed by atoms with van der Waals surface area (Å²) in [5.74, 6) is 0.180. The Bertz CT molecular complexity index is 870. The molecule has 2 aliphatic heterocycles. The van der Waals surface area contributed by atoms with Crippen LogP contribution in [0.15, 0.2) is 96.7 Å². The molecular formula is C23H23NO2. The van der Waals surface area contributed by atoms with Gasteiger partial charge in [-0.3, -0.25) is 4.79 Å². The van der Waals surface area contributed by atoms with E-state index in [9.17, 15) is 9.90 Å². The number of phenolic OH excluding ortho intramolecular Hbond substituents is 1. The van der Waals surface area contributed by atoms with Gasteiger partial charge in [0.2, 0.25) is 6.41 Å². The fourth-order valence-electron chi connectivity index (χ4n) is 4.39. The summed E-state index contributed by atoms with van der Waals surface area (Å²) in [5.41, 5.74) is 4.09. The quantitative estimate of drug-likeness (QED) is 0.768. The van der Waals surface area contributed by atoms with Crippen molar-refractivity contribution in [3.8, 4) is 5.75 Å². The first-order valence-electron chi connectivity index (χ1n) is 8.61. The number of fused-ring (bicyclic) bond motifs is 2. The van der Waals surface area contributed by atoms with Crippen LogP contribution in [0, 0.1) is 0 Å². The zero-order valence-corrected chi connectivity index (χ0v) is 15.0. The first-order valence-corrected chi connectivity index (χ1v) is 8.61. The van der Waals surface area contributed by atoms with Crippen LogP contribution in [0.5, 0.6) is 5.75 Å². The molecule has 0 saturated carbocycles. The molecule has 1 aromatic carbocycles. The van der Waals surface area contributed by atoms with E-state index < -0.39 is 5.54 Å². The summed E-state index contributed by atoms with van der Waals surface area (Å²) >= 11 is 0. The lowest BCUT2D eigenvalue weighted by molar-refractivity contribution is -0.123. The SMILES string of the molecule is C=CC1=C(C=C)C2(c3ccc(O)cc3)C(C=C)=C(/C=C\C)C(C1)N2C=O. The number of carbonyl (C=O) groups excluding carboxylic acids is 1. The van der Waals surface area contributed by atoms with Crippen LogP contribution in [-0.4, -0.2) is 22.5 Å². The molecule has 26 heavy (non-hydrogen) atoms. The summed E-state index contributed by atoms with van der Waals surface area (Å²) in [5, 5.41) is 9.75. The Labute approximate surface area is 154 Å². The number of nitrogens with zero attached hydrogens (tertiary/aromatic N) is 1. The summed E-state index contributed by atoms with van der Waals surface area (Å²) in [4.78, 5) is 14.1. The van der Waals surface area contributed by atoms with Gasteiger partial charge in [0.1, 0.15) is 11.3 Å². The monoisotopic (exact) mass is 345 g/mol. The molecule has 2 bridgehead atoms. The summed E-state index contributed by atoms with van der Waals surface area (Å²) < 4.78 is 0. The van der Waals surface area contributed by atoms with Crippen molar-refractivity contribution >= 4 is 6.41 Å². The van der Waals surface area contributed by atoms with Crippen molar-refractivity contribution in [3.63, 3.8) is 0 Å². The predicted molar refractivity (Wildman–Crippen MR) is 106 cm³/mol. The van der Waals surface area contributed by atoms with Crippen LogP contribution in [0.1, 0.15) is 18.9 Å². The Morgan fingerprint density at radius 1 is 1.12 bits per heavy atom. The average molecular weight is 345 g/mol. The molecule has 1 aromatic rings. The highest BCUT2D eigenvalue weighted by atomic mass is 16.3. The molecule has 0 aliphatic carbocycles. The first-order chi connectivity index (χ1) is 12.6. The van der Waals surface area contributed by atoms with E-state index in [2.05, 4.69) is 19.7 Å². The van der Waals surface area contributed by atoms with E-state index >= 15 is 0 Å². The number of allylic oxidation sites excluding steroid dienone is 2. The largest absolute Gasteiger partial charge is 0.508 e. The van der Waals surface area contributed by atoms with Crippen molar-refractivity contribution in [1.29, 1.82) is 0 Å². The van der Waals surface area contributed by atoms with Crippen LogP contribution < -0.4 is 0 Å². The second-order valence-corrected chi connectivity index (χ2v) is 6.41. The van der Waals surface area contributed by atoms with Gasteiger partial charge in [0.05, 0.1) is 6.04 Å². The summed E-state index contributed by atoms with van der Waals surface area (Å²) in [6, 6.07) is 6.88. The van der Waals surface area contributed by atoms with Crippen molar-refractivity contribution < 1.29 is 9.90 Å². The normalized spacial score (nSPS) is 25.0. The minimum absolute atomic E-state index is 0.0952. The zero-order valence-electron chi connectivity index (χ0n) is 15.0. The molecule has 132 valence electrons. The molecule has 1 amide bonds. The highest BCUT2D eigenvalue weighted by molar-refractivity contribution is 5.72. The second kappa shape index (κ2) is 6.68. The van der Waals surface area contributed by atoms with Crippen LogP contribution in [0.4, 0.5) is 0 Å². The molecule has 2 heterocycles. The van der Waals surface area contributed by atoms with Crippen LogP contribution >= 0.6 is 0 Å². The molecular weight excluding hydrogens is 322 g/mol. The van der Waals surface area contributed by atoms with Crippen molar-refractivity contribution in [2.75, 3.05) is 0 Å². The van der Waals surface area contributed by atoms with Gasteiger partial charge in [0, 0.05) is 0 Å². The maximum atomic E-state index is 12.2. The minimum atomic E-state index is -0.819. The van der Waals surface area contributed by atoms with Gasteiger partial charge in [0.25, 0.3) is 0 Å². The Kier molecular flexibility index (Phi) is 4.56. The van der Waals surface area contributed by atoms with Gasteiger partial charge in [-0.15, -0.1) is 0 Å². The lowest BCUT2D eigenvalue weighted by Crippen LogP contribution is -2.50. The number of carbonyl (C=O) groups is 1. The summed E-state index contributed by atoms with van der Waals surface area (Å²) in [6.45, 7) is 14.0. The van der Waals surface area contributed by atoms with E-state index in [0.29, 0.717) is 6.42 Å². The molecule has 0 aromatic heterocycles. The second-order valence-electron chi connectivity index (χ2n) is 6.41. The van der Waals surface area contributed by atoms with Gasteiger partial charge in [-0.05, 0) is 53.3 Å². The van der Waals surface area contributed by atoms with Crippen molar-refractivity contribution in [2.24, 2.45) is 0 Å². The van der Waals surface area contributed by atoms with Gasteiger partial charge >= 0.3 is 0 Å². The van der Waals surface area contributed by atoms with Gasteiger partial charge < -0.3 is 10.0 Å². The molecule has 0 spiro atoms. The van der Waals surface area contributed by atoms with Gasteiger partial charge in [0.15, 0.2) is 0 Å². The molecule has 3 heteroatoms.